The number of amides is 1. The van der Waals surface area contributed by atoms with Crippen LogP contribution in [0.1, 0.15) is 31.8 Å². The van der Waals surface area contributed by atoms with Gasteiger partial charge in [-0.05, 0) is 97.4 Å². The predicted octanol–water partition coefficient (Wildman–Crippen LogP) is 6.87. The van der Waals surface area contributed by atoms with E-state index in [4.69, 9.17) is 16.3 Å². The van der Waals surface area contributed by atoms with Gasteiger partial charge >= 0.3 is 5.97 Å². The van der Waals surface area contributed by atoms with Crippen LogP contribution in [0.4, 0.5) is 11.4 Å². The quantitative estimate of drug-likeness (QED) is 0.191. The lowest BCUT2D eigenvalue weighted by Crippen LogP contribution is -2.11. The van der Waals surface area contributed by atoms with E-state index in [1.54, 1.807) is 60.8 Å². The number of aliphatic imine (C=N–C) groups is 1. The monoisotopic (exact) mass is 468 g/mol. The smallest absolute Gasteiger partial charge is 0.343 e. The highest BCUT2D eigenvalue weighted by atomic mass is 35.5. The number of benzene rings is 4. The molecule has 1 amide bonds. The summed E-state index contributed by atoms with van der Waals surface area (Å²) in [6.07, 6.45) is 1.71. The maximum absolute atomic E-state index is 12.4. The van der Waals surface area contributed by atoms with Crippen molar-refractivity contribution >= 4 is 41.1 Å². The molecular formula is C28H21ClN2O3. The molecule has 168 valence electrons. The number of carbonyl (C=O) groups is 2. The third-order valence-electron chi connectivity index (χ3n) is 4.94. The summed E-state index contributed by atoms with van der Waals surface area (Å²) in [7, 11) is 0. The minimum Gasteiger partial charge on any atom is -0.423 e. The average molecular weight is 469 g/mol. The molecular weight excluding hydrogens is 448 g/mol. The second kappa shape index (κ2) is 10.6. The van der Waals surface area contributed by atoms with Crippen molar-refractivity contribution in [1.82, 2.24) is 0 Å². The van der Waals surface area contributed by atoms with Crippen LogP contribution in [-0.4, -0.2) is 18.1 Å². The molecule has 0 unspecified atom stereocenters. The maximum atomic E-state index is 12.4. The Morgan fingerprint density at radius 1 is 0.853 bits per heavy atom. The van der Waals surface area contributed by atoms with Crippen LogP contribution < -0.4 is 10.1 Å². The van der Waals surface area contributed by atoms with Gasteiger partial charge < -0.3 is 10.1 Å². The van der Waals surface area contributed by atoms with Crippen molar-refractivity contribution in [1.29, 1.82) is 0 Å². The standard InChI is InChI=1S/C28H21ClN2O3/c1-19-3-2-4-22(17-19)27(32)31-25-13-11-24(12-14-25)30-18-20-5-15-26(16-6-20)34-28(33)21-7-9-23(29)10-8-21/h2-18H,1H3,(H,31,32). The largest absolute Gasteiger partial charge is 0.423 e. The second-order valence-corrected chi connectivity index (χ2v) is 8.03. The lowest BCUT2D eigenvalue weighted by molar-refractivity contribution is 0.0734. The maximum Gasteiger partial charge on any atom is 0.343 e. The van der Waals surface area contributed by atoms with Crippen molar-refractivity contribution < 1.29 is 14.3 Å². The Morgan fingerprint density at radius 2 is 1.56 bits per heavy atom. The van der Waals surface area contributed by atoms with Crippen molar-refractivity contribution in [3.63, 3.8) is 0 Å². The highest BCUT2D eigenvalue weighted by Crippen LogP contribution is 2.19. The first-order chi connectivity index (χ1) is 16.5. The molecule has 4 aromatic carbocycles. The molecule has 0 spiro atoms. The Balaban J connectivity index is 1.33. The number of hydrogen-bond donors (Lipinski definition) is 1. The van der Waals surface area contributed by atoms with Gasteiger partial charge in [-0.1, -0.05) is 29.3 Å². The fraction of sp³-hybridized carbons (Fsp3) is 0.0357. The molecule has 4 rings (SSSR count). The lowest BCUT2D eigenvalue weighted by Gasteiger charge is -2.06. The van der Waals surface area contributed by atoms with Crippen LogP contribution in [0.5, 0.6) is 5.75 Å². The molecule has 4 aromatic rings. The topological polar surface area (TPSA) is 67.8 Å². The number of anilines is 1. The number of esters is 1. The SMILES string of the molecule is Cc1cccc(C(=O)Nc2ccc(N=Cc3ccc(OC(=O)c4ccc(Cl)cc4)cc3)cc2)c1. The van der Waals surface area contributed by atoms with Crippen LogP contribution in [0.15, 0.2) is 102 Å². The summed E-state index contributed by atoms with van der Waals surface area (Å²) < 4.78 is 5.38. The fourth-order valence-corrected chi connectivity index (χ4v) is 3.27. The third kappa shape index (κ3) is 6.18. The molecule has 34 heavy (non-hydrogen) atoms. The third-order valence-corrected chi connectivity index (χ3v) is 5.19. The number of aryl methyl sites for hydroxylation is 1. The molecule has 0 aliphatic carbocycles. The van der Waals surface area contributed by atoms with Crippen LogP contribution in [-0.2, 0) is 0 Å². The summed E-state index contributed by atoms with van der Waals surface area (Å²) >= 11 is 5.84. The van der Waals surface area contributed by atoms with E-state index in [1.165, 1.54) is 0 Å². The van der Waals surface area contributed by atoms with E-state index < -0.39 is 5.97 Å². The minimum atomic E-state index is -0.451. The summed E-state index contributed by atoms with van der Waals surface area (Å²) in [6, 6.07) is 28.2. The molecule has 0 heterocycles. The predicted molar refractivity (Wildman–Crippen MR) is 136 cm³/mol. The van der Waals surface area contributed by atoms with Crippen molar-refractivity contribution in [3.05, 3.63) is 124 Å². The van der Waals surface area contributed by atoms with E-state index in [1.807, 2.05) is 49.4 Å². The van der Waals surface area contributed by atoms with Gasteiger partial charge in [0.15, 0.2) is 0 Å². The molecule has 0 fully saturated rings. The van der Waals surface area contributed by atoms with Gasteiger partial charge in [0.25, 0.3) is 5.91 Å². The number of nitrogens with one attached hydrogen (secondary N) is 1. The van der Waals surface area contributed by atoms with Gasteiger partial charge in [-0.25, -0.2) is 4.79 Å². The molecule has 0 aliphatic rings. The molecule has 6 heteroatoms. The second-order valence-electron chi connectivity index (χ2n) is 7.59. The van der Waals surface area contributed by atoms with E-state index in [0.29, 0.717) is 27.6 Å². The molecule has 0 radical (unpaired) electrons. The first-order valence-electron chi connectivity index (χ1n) is 10.6. The van der Waals surface area contributed by atoms with Gasteiger partial charge in [-0.2, -0.15) is 0 Å². The van der Waals surface area contributed by atoms with Crippen LogP contribution in [0.2, 0.25) is 5.02 Å². The Labute approximate surface area is 202 Å². The van der Waals surface area contributed by atoms with Gasteiger partial charge in [0.05, 0.1) is 11.3 Å². The van der Waals surface area contributed by atoms with Crippen LogP contribution in [0.25, 0.3) is 0 Å². The first kappa shape index (κ1) is 23.0. The zero-order valence-corrected chi connectivity index (χ0v) is 19.1. The van der Waals surface area contributed by atoms with E-state index in [-0.39, 0.29) is 5.91 Å². The molecule has 0 bridgehead atoms. The van der Waals surface area contributed by atoms with Crippen molar-refractivity contribution in [2.24, 2.45) is 4.99 Å². The number of ether oxygens (including phenoxy) is 1. The van der Waals surface area contributed by atoms with E-state index in [2.05, 4.69) is 10.3 Å². The normalized spacial score (nSPS) is 10.8. The number of hydrogen-bond acceptors (Lipinski definition) is 4. The first-order valence-corrected chi connectivity index (χ1v) is 10.9. The van der Waals surface area contributed by atoms with Gasteiger partial charge in [-0.3, -0.25) is 9.79 Å². The van der Waals surface area contributed by atoms with Crippen molar-refractivity contribution in [2.75, 3.05) is 5.32 Å². The average Bonchev–Trinajstić information content (AvgIpc) is 2.85. The Hall–Kier alpha value is -4.22. The highest BCUT2D eigenvalue weighted by Gasteiger charge is 2.08. The summed E-state index contributed by atoms with van der Waals surface area (Å²) in [5.41, 5.74) is 4.36. The zero-order chi connectivity index (χ0) is 23.9. The van der Waals surface area contributed by atoms with Crippen molar-refractivity contribution in [2.45, 2.75) is 6.92 Å². The van der Waals surface area contributed by atoms with Gasteiger partial charge in [0, 0.05) is 22.5 Å². The molecule has 1 N–H and O–H groups in total. The number of carbonyl (C=O) groups excluding carboxylic acids is 2. The minimum absolute atomic E-state index is 0.156. The molecule has 0 aliphatic heterocycles. The van der Waals surface area contributed by atoms with E-state index in [0.717, 1.165) is 16.8 Å². The van der Waals surface area contributed by atoms with Gasteiger partial charge in [-0.15, -0.1) is 0 Å². The van der Waals surface area contributed by atoms with Gasteiger partial charge in [0.1, 0.15) is 5.75 Å². The molecule has 0 atom stereocenters. The van der Waals surface area contributed by atoms with Crippen LogP contribution in [0, 0.1) is 6.92 Å². The highest BCUT2D eigenvalue weighted by molar-refractivity contribution is 6.30. The number of halogens is 1. The summed E-state index contributed by atoms with van der Waals surface area (Å²) in [4.78, 5) is 29.0. The summed E-state index contributed by atoms with van der Waals surface area (Å²) in [6.45, 7) is 1.95. The summed E-state index contributed by atoms with van der Waals surface area (Å²) in [5, 5.41) is 3.44. The van der Waals surface area contributed by atoms with E-state index >= 15 is 0 Å². The molecule has 0 saturated carbocycles. The van der Waals surface area contributed by atoms with Gasteiger partial charge in [0.2, 0.25) is 0 Å². The van der Waals surface area contributed by atoms with Crippen LogP contribution in [0.3, 0.4) is 0 Å². The summed E-state index contributed by atoms with van der Waals surface area (Å²) in [5.74, 6) is -0.171. The zero-order valence-electron chi connectivity index (χ0n) is 18.4. The number of nitrogens with zero attached hydrogens (tertiary/aromatic N) is 1. The fourth-order valence-electron chi connectivity index (χ4n) is 3.14. The Kier molecular flexibility index (Phi) is 7.16. The van der Waals surface area contributed by atoms with Crippen LogP contribution >= 0.6 is 11.6 Å². The molecule has 0 aromatic heterocycles. The van der Waals surface area contributed by atoms with E-state index in [9.17, 15) is 9.59 Å². The Morgan fingerprint density at radius 3 is 2.24 bits per heavy atom. The number of rotatable bonds is 6. The lowest BCUT2D eigenvalue weighted by atomic mass is 10.1. The van der Waals surface area contributed by atoms with Crippen molar-refractivity contribution in [3.8, 4) is 5.75 Å². The Bertz CT molecular complexity index is 1330. The molecule has 0 saturated heterocycles. The molecule has 5 nitrogen and oxygen atoms in total.